The molecule has 1 rings (SSSR count). The van der Waals surface area contributed by atoms with Crippen molar-refractivity contribution >= 4 is 0 Å². The zero-order chi connectivity index (χ0) is 8.43. The van der Waals surface area contributed by atoms with Crippen molar-refractivity contribution in [2.24, 2.45) is 17.8 Å². The minimum Gasteiger partial charge on any atom is -0.393 e. The minimum absolute atomic E-state index is 0.0313. The third-order valence-corrected chi connectivity index (χ3v) is 3.14. The number of aliphatic hydroxyl groups excluding tert-OH is 1. The highest BCUT2D eigenvalue weighted by molar-refractivity contribution is 4.78. The molecular weight excluding hydrogens is 136 g/mol. The molecule has 0 bridgehead atoms. The third-order valence-electron chi connectivity index (χ3n) is 3.14. The molecule has 1 saturated carbocycles. The van der Waals surface area contributed by atoms with Crippen LogP contribution in [-0.2, 0) is 0 Å². The Labute approximate surface area is 69.8 Å². The van der Waals surface area contributed by atoms with Gasteiger partial charge in [0.15, 0.2) is 0 Å². The molecule has 1 unspecified atom stereocenters. The smallest absolute Gasteiger partial charge is 0.0568 e. The Kier molecular flexibility index (Phi) is 2.94. The van der Waals surface area contributed by atoms with Gasteiger partial charge in [0.05, 0.1) is 6.10 Å². The van der Waals surface area contributed by atoms with Crippen LogP contribution in [0.3, 0.4) is 0 Å². The first-order valence-corrected chi connectivity index (χ1v) is 4.79. The molecular formula is C10H20O. The van der Waals surface area contributed by atoms with Crippen molar-refractivity contribution in [2.45, 2.75) is 46.1 Å². The van der Waals surface area contributed by atoms with Crippen molar-refractivity contribution in [3.8, 4) is 0 Å². The summed E-state index contributed by atoms with van der Waals surface area (Å²) in [5.41, 5.74) is 0. The molecule has 3 atom stereocenters. The Morgan fingerprint density at radius 1 is 1.27 bits per heavy atom. The van der Waals surface area contributed by atoms with Crippen molar-refractivity contribution < 1.29 is 5.11 Å². The van der Waals surface area contributed by atoms with E-state index in [-0.39, 0.29) is 6.10 Å². The fourth-order valence-electron chi connectivity index (χ4n) is 1.94. The van der Waals surface area contributed by atoms with Gasteiger partial charge in [-0.15, -0.1) is 0 Å². The molecule has 0 spiro atoms. The maximum Gasteiger partial charge on any atom is 0.0568 e. The third kappa shape index (κ3) is 2.19. The lowest BCUT2D eigenvalue weighted by atomic mass is 9.76. The van der Waals surface area contributed by atoms with Crippen molar-refractivity contribution in [3.63, 3.8) is 0 Å². The largest absolute Gasteiger partial charge is 0.393 e. The zero-order valence-corrected chi connectivity index (χ0v) is 7.88. The monoisotopic (exact) mass is 156 g/mol. The summed E-state index contributed by atoms with van der Waals surface area (Å²) in [6, 6.07) is 0. The Bertz CT molecular complexity index is 120. The number of hydrogen-bond donors (Lipinski definition) is 1. The lowest BCUT2D eigenvalue weighted by Gasteiger charge is -2.33. The minimum atomic E-state index is -0.0313. The SMILES string of the molecule is CC(C)[C@@H]1CCC(C)[C@@H](O)C1. The molecule has 0 aromatic carbocycles. The average molecular weight is 156 g/mol. The van der Waals surface area contributed by atoms with E-state index < -0.39 is 0 Å². The van der Waals surface area contributed by atoms with Gasteiger partial charge < -0.3 is 5.11 Å². The van der Waals surface area contributed by atoms with Gasteiger partial charge in [-0.25, -0.2) is 0 Å². The van der Waals surface area contributed by atoms with Gasteiger partial charge in [-0.2, -0.15) is 0 Å². The van der Waals surface area contributed by atoms with E-state index in [1.807, 2.05) is 0 Å². The molecule has 1 N–H and O–H groups in total. The van der Waals surface area contributed by atoms with Crippen molar-refractivity contribution in [3.05, 3.63) is 0 Å². The van der Waals surface area contributed by atoms with E-state index in [2.05, 4.69) is 20.8 Å². The highest BCUT2D eigenvalue weighted by Gasteiger charge is 2.27. The van der Waals surface area contributed by atoms with Gasteiger partial charge in [0.2, 0.25) is 0 Å². The van der Waals surface area contributed by atoms with Gasteiger partial charge in [0.1, 0.15) is 0 Å². The van der Waals surface area contributed by atoms with E-state index in [1.165, 1.54) is 12.8 Å². The summed E-state index contributed by atoms with van der Waals surface area (Å²) in [6.07, 6.45) is 3.52. The molecule has 0 amide bonds. The summed E-state index contributed by atoms with van der Waals surface area (Å²) in [6.45, 7) is 6.67. The second-order valence-electron chi connectivity index (χ2n) is 4.36. The topological polar surface area (TPSA) is 20.2 Å². The molecule has 0 aromatic rings. The molecule has 0 aromatic heterocycles. The van der Waals surface area contributed by atoms with Crippen LogP contribution >= 0.6 is 0 Å². The number of hydrogen-bond acceptors (Lipinski definition) is 1. The maximum atomic E-state index is 9.60. The Balaban J connectivity index is 2.40. The highest BCUT2D eigenvalue weighted by atomic mass is 16.3. The van der Waals surface area contributed by atoms with E-state index in [0.717, 1.165) is 18.3 Å². The van der Waals surface area contributed by atoms with Gasteiger partial charge in [0, 0.05) is 0 Å². The van der Waals surface area contributed by atoms with E-state index >= 15 is 0 Å². The van der Waals surface area contributed by atoms with Crippen LogP contribution in [0.5, 0.6) is 0 Å². The molecule has 0 aliphatic heterocycles. The molecule has 11 heavy (non-hydrogen) atoms. The average Bonchev–Trinajstić information content (AvgIpc) is 1.94. The molecule has 1 aliphatic carbocycles. The van der Waals surface area contributed by atoms with Gasteiger partial charge in [-0.3, -0.25) is 0 Å². The van der Waals surface area contributed by atoms with Crippen molar-refractivity contribution in [1.29, 1.82) is 0 Å². The van der Waals surface area contributed by atoms with Gasteiger partial charge in [-0.05, 0) is 37.0 Å². The fraction of sp³-hybridized carbons (Fsp3) is 1.00. The standard InChI is InChI=1S/C10H20O/c1-7(2)9-5-4-8(3)10(11)6-9/h7-11H,4-6H2,1-3H3/t8?,9-,10+/m1/s1. The van der Waals surface area contributed by atoms with Crippen molar-refractivity contribution in [1.82, 2.24) is 0 Å². The van der Waals surface area contributed by atoms with Crippen molar-refractivity contribution in [2.75, 3.05) is 0 Å². The quantitative estimate of drug-likeness (QED) is 0.618. The zero-order valence-electron chi connectivity index (χ0n) is 7.88. The molecule has 0 heterocycles. The van der Waals surface area contributed by atoms with Crippen LogP contribution in [0, 0.1) is 17.8 Å². The summed E-state index contributed by atoms with van der Waals surface area (Å²) in [5, 5.41) is 9.60. The lowest BCUT2D eigenvalue weighted by molar-refractivity contribution is 0.0410. The van der Waals surface area contributed by atoms with Crippen LogP contribution in [0.25, 0.3) is 0 Å². The van der Waals surface area contributed by atoms with Crippen LogP contribution in [0.4, 0.5) is 0 Å². The number of rotatable bonds is 1. The number of aliphatic hydroxyl groups is 1. The molecule has 1 aliphatic rings. The van der Waals surface area contributed by atoms with E-state index in [9.17, 15) is 5.11 Å². The summed E-state index contributed by atoms with van der Waals surface area (Å²) in [4.78, 5) is 0. The van der Waals surface area contributed by atoms with Gasteiger partial charge in [0.25, 0.3) is 0 Å². The van der Waals surface area contributed by atoms with E-state index in [1.54, 1.807) is 0 Å². The fourth-order valence-corrected chi connectivity index (χ4v) is 1.94. The maximum absolute atomic E-state index is 9.60. The van der Waals surface area contributed by atoms with Crippen LogP contribution in [-0.4, -0.2) is 11.2 Å². The van der Waals surface area contributed by atoms with Gasteiger partial charge in [-0.1, -0.05) is 20.8 Å². The molecule has 1 heteroatoms. The Morgan fingerprint density at radius 3 is 2.36 bits per heavy atom. The predicted octanol–water partition coefficient (Wildman–Crippen LogP) is 2.44. The second-order valence-corrected chi connectivity index (χ2v) is 4.36. The molecule has 0 radical (unpaired) electrons. The van der Waals surface area contributed by atoms with E-state index in [4.69, 9.17) is 0 Å². The molecule has 1 nitrogen and oxygen atoms in total. The first-order valence-electron chi connectivity index (χ1n) is 4.79. The van der Waals surface area contributed by atoms with Gasteiger partial charge >= 0.3 is 0 Å². The normalized spacial score (nSPS) is 39.5. The summed E-state index contributed by atoms with van der Waals surface area (Å²) in [7, 11) is 0. The lowest BCUT2D eigenvalue weighted by Crippen LogP contribution is -2.29. The second kappa shape index (κ2) is 3.57. The molecule has 1 fully saturated rings. The Morgan fingerprint density at radius 2 is 1.91 bits per heavy atom. The van der Waals surface area contributed by atoms with E-state index in [0.29, 0.717) is 5.92 Å². The van der Waals surface area contributed by atoms with Crippen LogP contribution in [0.15, 0.2) is 0 Å². The molecule has 66 valence electrons. The van der Waals surface area contributed by atoms with Crippen LogP contribution in [0.2, 0.25) is 0 Å². The predicted molar refractivity (Wildman–Crippen MR) is 47.3 cm³/mol. The van der Waals surface area contributed by atoms with Crippen LogP contribution in [0.1, 0.15) is 40.0 Å². The summed E-state index contributed by atoms with van der Waals surface area (Å²) >= 11 is 0. The molecule has 0 saturated heterocycles. The highest BCUT2D eigenvalue weighted by Crippen LogP contribution is 2.32. The Hall–Kier alpha value is -0.0400. The summed E-state index contributed by atoms with van der Waals surface area (Å²) in [5.74, 6) is 2.04. The summed E-state index contributed by atoms with van der Waals surface area (Å²) < 4.78 is 0. The first kappa shape index (κ1) is 9.05. The van der Waals surface area contributed by atoms with Crippen LogP contribution < -0.4 is 0 Å². The first-order chi connectivity index (χ1) is 5.11.